The predicted molar refractivity (Wildman–Crippen MR) is 75.0 cm³/mol. The fourth-order valence-corrected chi connectivity index (χ4v) is 1.73. The monoisotopic (exact) mass is 248 g/mol. The fourth-order valence-electron chi connectivity index (χ4n) is 1.73. The van der Waals surface area contributed by atoms with E-state index in [9.17, 15) is 4.79 Å². The highest BCUT2D eigenvalue weighted by Gasteiger charge is 2.13. The van der Waals surface area contributed by atoms with Gasteiger partial charge in [0.15, 0.2) is 5.78 Å². The van der Waals surface area contributed by atoms with E-state index < -0.39 is 0 Å². The number of ketones is 1. The summed E-state index contributed by atoms with van der Waals surface area (Å²) in [5.41, 5.74) is 2.52. The molecule has 0 fully saturated rings. The molecule has 2 nitrogen and oxygen atoms in total. The van der Waals surface area contributed by atoms with Gasteiger partial charge in [0.05, 0.1) is 0 Å². The van der Waals surface area contributed by atoms with Gasteiger partial charge in [-0.05, 0) is 23.0 Å². The van der Waals surface area contributed by atoms with Gasteiger partial charge in [0.1, 0.15) is 6.61 Å². The third kappa shape index (κ3) is 5.01. The Morgan fingerprint density at radius 3 is 2.28 bits per heavy atom. The van der Waals surface area contributed by atoms with E-state index in [1.165, 1.54) is 5.56 Å². The second kappa shape index (κ2) is 6.69. The van der Waals surface area contributed by atoms with Crippen LogP contribution < -0.4 is 0 Å². The minimum Gasteiger partial charge on any atom is -0.374 e. The largest absolute Gasteiger partial charge is 0.374 e. The molecule has 0 aliphatic heterocycles. The Morgan fingerprint density at radius 1 is 1.17 bits per heavy atom. The van der Waals surface area contributed by atoms with E-state index in [4.69, 9.17) is 4.74 Å². The van der Waals surface area contributed by atoms with Crippen LogP contribution in [-0.4, -0.2) is 19.0 Å². The molecule has 0 saturated carbocycles. The molecule has 1 aromatic carbocycles. The highest BCUT2D eigenvalue weighted by Crippen LogP contribution is 2.22. The standard InChI is InChI=1S/C16H24O2/c1-5-10-18-12-15(17)11-13-6-8-14(9-7-13)16(2,3)4/h6-9H,5,10-12H2,1-4H3. The Labute approximate surface area is 110 Å². The molecule has 0 bridgehead atoms. The molecule has 1 aromatic rings. The van der Waals surface area contributed by atoms with Gasteiger partial charge in [-0.15, -0.1) is 0 Å². The van der Waals surface area contributed by atoms with Crippen LogP contribution in [0.25, 0.3) is 0 Å². The first-order valence-electron chi connectivity index (χ1n) is 6.62. The molecule has 0 N–H and O–H groups in total. The molecule has 0 spiro atoms. The summed E-state index contributed by atoms with van der Waals surface area (Å²) in [6.45, 7) is 9.49. The lowest BCUT2D eigenvalue weighted by molar-refractivity contribution is -0.122. The number of ether oxygens (including phenoxy) is 1. The normalized spacial score (nSPS) is 11.6. The summed E-state index contributed by atoms with van der Waals surface area (Å²) in [4.78, 5) is 11.6. The highest BCUT2D eigenvalue weighted by molar-refractivity contribution is 5.82. The van der Waals surface area contributed by atoms with Crippen LogP contribution >= 0.6 is 0 Å². The van der Waals surface area contributed by atoms with Gasteiger partial charge in [-0.2, -0.15) is 0 Å². The molecule has 0 heterocycles. The first-order chi connectivity index (χ1) is 8.43. The molecule has 0 unspecified atom stereocenters. The third-order valence-corrected chi connectivity index (χ3v) is 2.83. The Bertz CT molecular complexity index is 371. The smallest absolute Gasteiger partial charge is 0.162 e. The SMILES string of the molecule is CCCOCC(=O)Cc1ccc(C(C)(C)C)cc1. The van der Waals surface area contributed by atoms with Crippen LogP contribution in [-0.2, 0) is 21.4 Å². The van der Waals surface area contributed by atoms with Crippen molar-refractivity contribution < 1.29 is 9.53 Å². The topological polar surface area (TPSA) is 26.3 Å². The maximum Gasteiger partial charge on any atom is 0.162 e. The Hall–Kier alpha value is -1.15. The van der Waals surface area contributed by atoms with Crippen molar-refractivity contribution in [3.05, 3.63) is 35.4 Å². The van der Waals surface area contributed by atoms with E-state index in [1.807, 2.05) is 19.1 Å². The number of carbonyl (C=O) groups excluding carboxylic acids is 1. The van der Waals surface area contributed by atoms with E-state index in [-0.39, 0.29) is 17.8 Å². The van der Waals surface area contributed by atoms with E-state index >= 15 is 0 Å². The summed E-state index contributed by atoms with van der Waals surface area (Å²) < 4.78 is 5.25. The lowest BCUT2D eigenvalue weighted by Crippen LogP contribution is -2.13. The van der Waals surface area contributed by atoms with Crippen molar-refractivity contribution in [1.29, 1.82) is 0 Å². The molecule has 0 aliphatic carbocycles. The van der Waals surface area contributed by atoms with Crippen LogP contribution in [0.5, 0.6) is 0 Å². The number of hydrogen-bond acceptors (Lipinski definition) is 2. The minimum absolute atomic E-state index is 0.145. The maximum atomic E-state index is 11.6. The van der Waals surface area contributed by atoms with Crippen LogP contribution in [0, 0.1) is 0 Å². The quantitative estimate of drug-likeness (QED) is 0.720. The first kappa shape index (κ1) is 14.9. The van der Waals surface area contributed by atoms with Crippen LogP contribution in [0.1, 0.15) is 45.2 Å². The zero-order valence-electron chi connectivity index (χ0n) is 12.0. The first-order valence-corrected chi connectivity index (χ1v) is 6.62. The minimum atomic E-state index is 0.145. The number of Topliss-reactive ketones (excluding diaryl/α,β-unsaturated/α-hetero) is 1. The lowest BCUT2D eigenvalue weighted by Gasteiger charge is -2.19. The molecule has 0 atom stereocenters. The summed E-state index contributed by atoms with van der Waals surface area (Å²) in [5.74, 6) is 0.145. The van der Waals surface area contributed by atoms with Gasteiger partial charge in [-0.3, -0.25) is 4.79 Å². The molecule has 18 heavy (non-hydrogen) atoms. The zero-order chi connectivity index (χ0) is 13.6. The van der Waals surface area contributed by atoms with E-state index in [1.54, 1.807) is 0 Å². The van der Waals surface area contributed by atoms with Crippen molar-refractivity contribution in [1.82, 2.24) is 0 Å². The molecule has 0 saturated heterocycles. The lowest BCUT2D eigenvalue weighted by atomic mass is 9.86. The van der Waals surface area contributed by atoms with Crippen molar-refractivity contribution in [3.8, 4) is 0 Å². The third-order valence-electron chi connectivity index (χ3n) is 2.83. The van der Waals surface area contributed by atoms with Crippen molar-refractivity contribution in [2.45, 2.75) is 46.0 Å². The number of carbonyl (C=O) groups is 1. The average molecular weight is 248 g/mol. The summed E-state index contributed by atoms with van der Waals surface area (Å²) in [6.07, 6.45) is 1.42. The van der Waals surface area contributed by atoms with Crippen molar-refractivity contribution in [3.63, 3.8) is 0 Å². The van der Waals surface area contributed by atoms with Crippen molar-refractivity contribution >= 4 is 5.78 Å². The molecule has 100 valence electrons. The second-order valence-electron chi connectivity index (χ2n) is 5.71. The number of hydrogen-bond donors (Lipinski definition) is 0. The number of benzene rings is 1. The van der Waals surface area contributed by atoms with Crippen molar-refractivity contribution in [2.24, 2.45) is 0 Å². The zero-order valence-corrected chi connectivity index (χ0v) is 12.0. The summed E-state index contributed by atoms with van der Waals surface area (Å²) >= 11 is 0. The van der Waals surface area contributed by atoms with Crippen LogP contribution in [0.15, 0.2) is 24.3 Å². The molecule has 0 aliphatic rings. The summed E-state index contributed by atoms with van der Waals surface area (Å²) in [6, 6.07) is 8.29. The highest BCUT2D eigenvalue weighted by atomic mass is 16.5. The van der Waals surface area contributed by atoms with Gasteiger partial charge in [0, 0.05) is 13.0 Å². The molecule has 0 radical (unpaired) electrons. The maximum absolute atomic E-state index is 11.6. The Kier molecular flexibility index (Phi) is 5.54. The second-order valence-corrected chi connectivity index (χ2v) is 5.71. The van der Waals surface area contributed by atoms with Gasteiger partial charge in [0.2, 0.25) is 0 Å². The van der Waals surface area contributed by atoms with Gasteiger partial charge in [0.25, 0.3) is 0 Å². The van der Waals surface area contributed by atoms with Gasteiger partial charge >= 0.3 is 0 Å². The molecule has 0 aromatic heterocycles. The fraction of sp³-hybridized carbons (Fsp3) is 0.562. The summed E-state index contributed by atoms with van der Waals surface area (Å²) in [7, 11) is 0. The van der Waals surface area contributed by atoms with Gasteiger partial charge in [-0.25, -0.2) is 0 Å². The molecule has 0 amide bonds. The molecular formula is C16H24O2. The molecule has 1 rings (SSSR count). The predicted octanol–water partition coefficient (Wildman–Crippen LogP) is 3.52. The van der Waals surface area contributed by atoms with Gasteiger partial charge in [-0.1, -0.05) is 52.0 Å². The van der Waals surface area contributed by atoms with E-state index in [0.717, 1.165) is 12.0 Å². The van der Waals surface area contributed by atoms with Crippen LogP contribution in [0.4, 0.5) is 0 Å². The molecule has 2 heteroatoms. The van der Waals surface area contributed by atoms with Crippen LogP contribution in [0.2, 0.25) is 0 Å². The molecular weight excluding hydrogens is 224 g/mol. The Morgan fingerprint density at radius 2 is 1.78 bits per heavy atom. The van der Waals surface area contributed by atoms with E-state index in [2.05, 4.69) is 32.9 Å². The van der Waals surface area contributed by atoms with E-state index in [0.29, 0.717) is 13.0 Å². The van der Waals surface area contributed by atoms with Gasteiger partial charge < -0.3 is 4.74 Å². The Balaban J connectivity index is 2.51. The van der Waals surface area contributed by atoms with Crippen molar-refractivity contribution in [2.75, 3.05) is 13.2 Å². The average Bonchev–Trinajstić information content (AvgIpc) is 2.29. The number of rotatable bonds is 6. The van der Waals surface area contributed by atoms with Crippen LogP contribution in [0.3, 0.4) is 0 Å². The summed E-state index contributed by atoms with van der Waals surface area (Å²) in [5, 5.41) is 0.